The lowest BCUT2D eigenvalue weighted by Crippen LogP contribution is -2.32. The summed E-state index contributed by atoms with van der Waals surface area (Å²) in [7, 11) is 3.05. The van der Waals surface area contributed by atoms with Gasteiger partial charge in [0.15, 0.2) is 0 Å². The molecule has 0 spiro atoms. The number of urea groups is 1. The van der Waals surface area contributed by atoms with Gasteiger partial charge in [0, 0.05) is 11.6 Å². The van der Waals surface area contributed by atoms with Crippen molar-refractivity contribution in [3.05, 3.63) is 60.2 Å². The third-order valence-electron chi connectivity index (χ3n) is 4.29. The molecule has 1 aromatic heterocycles. The molecule has 0 atom stereocenters. The number of ether oxygens (including phenoxy) is 3. The second kappa shape index (κ2) is 10.1. The van der Waals surface area contributed by atoms with Gasteiger partial charge in [-0.1, -0.05) is 35.9 Å². The largest absolute Gasteiger partial charge is 0.494 e. The van der Waals surface area contributed by atoms with E-state index in [0.717, 1.165) is 11.3 Å². The Balaban J connectivity index is 1.47. The first-order valence-corrected chi connectivity index (χ1v) is 9.40. The van der Waals surface area contributed by atoms with Crippen molar-refractivity contribution in [2.24, 2.45) is 0 Å². The zero-order valence-corrected chi connectivity index (χ0v) is 17.1. The molecule has 156 valence electrons. The summed E-state index contributed by atoms with van der Waals surface area (Å²) in [6.45, 7) is 2.56. The minimum absolute atomic E-state index is 0.245. The van der Waals surface area contributed by atoms with Crippen molar-refractivity contribution in [2.75, 3.05) is 32.7 Å². The molecule has 1 heterocycles. The smallest absolute Gasteiger partial charge is 0.319 e. The Hall–Kier alpha value is -3.81. The molecular weight excluding hydrogens is 384 g/mol. The molecule has 2 amide bonds. The Morgan fingerprint density at radius 1 is 0.933 bits per heavy atom. The second-order valence-corrected chi connectivity index (χ2v) is 6.39. The first-order chi connectivity index (χ1) is 14.6. The van der Waals surface area contributed by atoms with Gasteiger partial charge in [0.25, 0.3) is 0 Å². The number of rotatable bonds is 8. The molecule has 0 saturated heterocycles. The predicted octanol–water partition coefficient (Wildman–Crippen LogP) is 3.67. The van der Waals surface area contributed by atoms with Gasteiger partial charge in [0.2, 0.25) is 5.88 Å². The predicted molar refractivity (Wildman–Crippen MR) is 114 cm³/mol. The molecule has 0 bridgehead atoms. The summed E-state index contributed by atoms with van der Waals surface area (Å²) in [5.41, 5.74) is 3.40. The van der Waals surface area contributed by atoms with Gasteiger partial charge < -0.3 is 24.8 Å². The zero-order chi connectivity index (χ0) is 21.3. The molecule has 8 nitrogen and oxygen atoms in total. The molecule has 0 saturated carbocycles. The van der Waals surface area contributed by atoms with E-state index in [0.29, 0.717) is 23.1 Å². The third-order valence-corrected chi connectivity index (χ3v) is 4.29. The zero-order valence-electron chi connectivity index (χ0n) is 17.1. The highest BCUT2D eigenvalue weighted by Crippen LogP contribution is 2.33. The van der Waals surface area contributed by atoms with E-state index in [1.165, 1.54) is 19.8 Å². The molecule has 0 unspecified atom stereocenters. The van der Waals surface area contributed by atoms with Crippen LogP contribution in [0.1, 0.15) is 5.56 Å². The molecule has 3 rings (SSSR count). The van der Waals surface area contributed by atoms with Crippen LogP contribution in [0.3, 0.4) is 0 Å². The van der Waals surface area contributed by atoms with Crippen molar-refractivity contribution in [1.82, 2.24) is 15.5 Å². The first kappa shape index (κ1) is 20.9. The molecule has 8 heteroatoms. The number of hydrogen-bond donors (Lipinski definition) is 2. The Labute approximate surface area is 175 Å². The molecule has 0 aliphatic rings. The summed E-state index contributed by atoms with van der Waals surface area (Å²) in [4.78, 5) is 12.2. The summed E-state index contributed by atoms with van der Waals surface area (Å²) < 4.78 is 16.1. The Morgan fingerprint density at radius 3 is 2.23 bits per heavy atom. The highest BCUT2D eigenvalue weighted by atomic mass is 16.5. The van der Waals surface area contributed by atoms with E-state index >= 15 is 0 Å². The van der Waals surface area contributed by atoms with E-state index in [2.05, 4.69) is 20.8 Å². The van der Waals surface area contributed by atoms with Crippen LogP contribution in [0.5, 0.6) is 17.4 Å². The summed E-state index contributed by atoms with van der Waals surface area (Å²) in [5.74, 6) is 1.40. The number of benzene rings is 2. The van der Waals surface area contributed by atoms with Gasteiger partial charge in [-0.2, -0.15) is 0 Å². The maximum absolute atomic E-state index is 12.2. The molecule has 2 aromatic carbocycles. The van der Waals surface area contributed by atoms with Crippen LogP contribution in [-0.2, 0) is 0 Å². The van der Waals surface area contributed by atoms with E-state index in [9.17, 15) is 4.79 Å². The van der Waals surface area contributed by atoms with Crippen LogP contribution < -0.4 is 24.8 Å². The average Bonchev–Trinajstić information content (AvgIpc) is 2.78. The number of methoxy groups -OCH3 is 2. The molecule has 0 radical (unpaired) electrons. The van der Waals surface area contributed by atoms with Gasteiger partial charge in [0.05, 0.1) is 26.5 Å². The normalized spacial score (nSPS) is 10.2. The summed E-state index contributed by atoms with van der Waals surface area (Å²) >= 11 is 0. The average molecular weight is 408 g/mol. The lowest BCUT2D eigenvalue weighted by atomic mass is 10.1. The molecule has 0 aliphatic carbocycles. The Morgan fingerprint density at radius 2 is 1.63 bits per heavy atom. The van der Waals surface area contributed by atoms with Crippen molar-refractivity contribution >= 4 is 11.7 Å². The van der Waals surface area contributed by atoms with Crippen LogP contribution in [0.25, 0.3) is 11.3 Å². The first-order valence-electron chi connectivity index (χ1n) is 9.40. The Bertz CT molecular complexity index is 953. The molecule has 2 N–H and O–H groups in total. The number of hydrogen-bond acceptors (Lipinski definition) is 6. The number of aromatic nitrogens is 2. The van der Waals surface area contributed by atoms with Gasteiger partial charge in [-0.05, 0) is 25.1 Å². The van der Waals surface area contributed by atoms with E-state index < -0.39 is 6.03 Å². The molecule has 0 aliphatic heterocycles. The monoisotopic (exact) mass is 408 g/mol. The fourth-order valence-electron chi connectivity index (χ4n) is 2.73. The van der Waals surface area contributed by atoms with Crippen LogP contribution in [-0.4, -0.2) is 43.6 Å². The summed E-state index contributed by atoms with van der Waals surface area (Å²) in [6.07, 6.45) is 0. The van der Waals surface area contributed by atoms with Crippen molar-refractivity contribution in [2.45, 2.75) is 6.92 Å². The van der Waals surface area contributed by atoms with Gasteiger partial charge in [0.1, 0.15) is 23.8 Å². The maximum Gasteiger partial charge on any atom is 0.319 e. The van der Waals surface area contributed by atoms with E-state index in [-0.39, 0.29) is 13.2 Å². The maximum atomic E-state index is 12.2. The minimum atomic E-state index is -0.401. The quantitative estimate of drug-likeness (QED) is 0.552. The number of carbonyl (C=O) groups excluding carboxylic acids is 1. The second-order valence-electron chi connectivity index (χ2n) is 6.39. The molecule has 30 heavy (non-hydrogen) atoms. The number of nitrogens with one attached hydrogen (secondary N) is 2. The topological polar surface area (TPSA) is 94.6 Å². The number of anilines is 1. The third kappa shape index (κ3) is 5.38. The number of amides is 2. The molecule has 3 aromatic rings. The van der Waals surface area contributed by atoms with E-state index in [4.69, 9.17) is 14.2 Å². The van der Waals surface area contributed by atoms with Crippen molar-refractivity contribution in [1.29, 1.82) is 0 Å². The number of nitrogens with zero attached hydrogens (tertiary/aromatic N) is 2. The lowest BCUT2D eigenvalue weighted by molar-refractivity contribution is 0.246. The highest BCUT2D eigenvalue weighted by molar-refractivity contribution is 5.92. The lowest BCUT2D eigenvalue weighted by Gasteiger charge is -2.14. The van der Waals surface area contributed by atoms with Gasteiger partial charge in [-0.15, -0.1) is 10.2 Å². The van der Waals surface area contributed by atoms with Crippen LogP contribution in [0.4, 0.5) is 10.5 Å². The fourth-order valence-corrected chi connectivity index (χ4v) is 2.73. The van der Waals surface area contributed by atoms with Crippen molar-refractivity contribution in [3.8, 4) is 28.6 Å². The van der Waals surface area contributed by atoms with Crippen LogP contribution >= 0.6 is 0 Å². The highest BCUT2D eigenvalue weighted by Gasteiger charge is 2.12. The number of aryl methyl sites for hydroxylation is 1. The van der Waals surface area contributed by atoms with Crippen molar-refractivity contribution < 1.29 is 19.0 Å². The van der Waals surface area contributed by atoms with E-state index in [1.54, 1.807) is 24.3 Å². The minimum Gasteiger partial charge on any atom is -0.494 e. The van der Waals surface area contributed by atoms with Crippen LogP contribution in [0, 0.1) is 6.92 Å². The fraction of sp³-hybridized carbons (Fsp3) is 0.227. The standard InChI is InChI=1S/C22H24N4O4/c1-15-7-9-16(10-8-15)17-11-12-20(26-25-17)30-14-13-23-22(27)24-21-18(28-2)5-4-6-19(21)29-3/h4-12H,13-14H2,1-3H3,(H2,23,24,27). The Kier molecular flexibility index (Phi) is 7.05. The van der Waals surface area contributed by atoms with E-state index in [1.807, 2.05) is 37.3 Å². The SMILES string of the molecule is COc1cccc(OC)c1NC(=O)NCCOc1ccc(-c2ccc(C)cc2)nn1. The molecular formula is C22H24N4O4. The van der Waals surface area contributed by atoms with Gasteiger partial charge in [-0.3, -0.25) is 0 Å². The van der Waals surface area contributed by atoms with Gasteiger partial charge >= 0.3 is 6.03 Å². The summed E-state index contributed by atoms with van der Waals surface area (Å²) in [6, 6.07) is 16.5. The number of para-hydroxylation sites is 1. The number of carbonyl (C=O) groups is 1. The summed E-state index contributed by atoms with van der Waals surface area (Å²) in [5, 5.41) is 13.7. The van der Waals surface area contributed by atoms with Crippen molar-refractivity contribution in [3.63, 3.8) is 0 Å². The van der Waals surface area contributed by atoms with Crippen LogP contribution in [0.15, 0.2) is 54.6 Å². The van der Waals surface area contributed by atoms with Crippen LogP contribution in [0.2, 0.25) is 0 Å². The molecule has 0 fully saturated rings. The van der Waals surface area contributed by atoms with Gasteiger partial charge in [-0.25, -0.2) is 4.79 Å².